The molecule has 0 saturated heterocycles. The minimum absolute atomic E-state index is 0.362. The maximum Gasteiger partial charge on any atom is 0.152 e. The van der Waals surface area contributed by atoms with E-state index in [2.05, 4.69) is 0 Å². The summed E-state index contributed by atoms with van der Waals surface area (Å²) in [5.41, 5.74) is 6.59. The Balaban J connectivity index is 2.32. The van der Waals surface area contributed by atoms with Crippen LogP contribution in [0, 0.1) is 0 Å². The molecule has 3 nitrogen and oxygen atoms in total. The van der Waals surface area contributed by atoms with Crippen molar-refractivity contribution in [3.8, 4) is 11.5 Å². The lowest BCUT2D eigenvalue weighted by atomic mass is 10.2. The Hall–Kier alpha value is -2.29. The first kappa shape index (κ1) is 10.2. The molecule has 0 fully saturated rings. The molecule has 16 heavy (non-hydrogen) atoms. The summed E-state index contributed by atoms with van der Waals surface area (Å²) >= 11 is 0. The van der Waals surface area contributed by atoms with Gasteiger partial charge >= 0.3 is 0 Å². The number of benzene rings is 2. The lowest BCUT2D eigenvalue weighted by Gasteiger charge is -2.09. The van der Waals surface area contributed by atoms with Crippen molar-refractivity contribution in [3.63, 3.8) is 0 Å². The molecule has 0 bridgehead atoms. The van der Waals surface area contributed by atoms with E-state index < -0.39 is 0 Å². The van der Waals surface area contributed by atoms with Crippen molar-refractivity contribution in [3.05, 3.63) is 54.1 Å². The van der Waals surface area contributed by atoms with Gasteiger partial charge in [-0.25, -0.2) is 0 Å². The fourth-order valence-corrected chi connectivity index (χ4v) is 1.37. The molecule has 0 unspecified atom stereocenters. The summed E-state index contributed by atoms with van der Waals surface area (Å²) in [4.78, 5) is 10.7. The largest absolute Gasteiger partial charge is 0.455 e. The van der Waals surface area contributed by atoms with Gasteiger partial charge in [-0.3, -0.25) is 4.79 Å². The van der Waals surface area contributed by atoms with E-state index in [0.717, 1.165) is 0 Å². The van der Waals surface area contributed by atoms with Crippen molar-refractivity contribution in [2.45, 2.75) is 0 Å². The number of para-hydroxylation sites is 2. The van der Waals surface area contributed by atoms with Crippen LogP contribution in [0.5, 0.6) is 11.5 Å². The Morgan fingerprint density at radius 3 is 2.44 bits per heavy atom. The molecule has 0 saturated carbocycles. The molecule has 0 aliphatic rings. The zero-order valence-corrected chi connectivity index (χ0v) is 8.59. The van der Waals surface area contributed by atoms with Gasteiger partial charge < -0.3 is 10.5 Å². The van der Waals surface area contributed by atoms with Crippen molar-refractivity contribution in [2.24, 2.45) is 0 Å². The standard InChI is InChI=1S/C13H11NO2/c14-13-10(9-15)5-4-8-12(13)16-11-6-2-1-3-7-11/h1-9H,14H2. The maximum absolute atomic E-state index is 10.7. The topological polar surface area (TPSA) is 52.3 Å². The van der Waals surface area contributed by atoms with E-state index in [1.165, 1.54) is 0 Å². The molecule has 0 aromatic heterocycles. The molecule has 0 aliphatic heterocycles. The minimum Gasteiger partial charge on any atom is -0.455 e. The van der Waals surface area contributed by atoms with E-state index in [9.17, 15) is 4.79 Å². The van der Waals surface area contributed by atoms with Gasteiger partial charge in [0.2, 0.25) is 0 Å². The quantitative estimate of drug-likeness (QED) is 0.630. The Morgan fingerprint density at radius 2 is 1.75 bits per heavy atom. The van der Waals surface area contributed by atoms with Crippen LogP contribution >= 0.6 is 0 Å². The molecule has 2 rings (SSSR count). The van der Waals surface area contributed by atoms with Gasteiger partial charge in [0.05, 0.1) is 5.69 Å². The van der Waals surface area contributed by atoms with Gasteiger partial charge in [0.1, 0.15) is 5.75 Å². The number of aldehydes is 1. The average molecular weight is 213 g/mol. The van der Waals surface area contributed by atoms with Gasteiger partial charge in [0, 0.05) is 5.56 Å². The third kappa shape index (κ3) is 2.03. The van der Waals surface area contributed by atoms with Gasteiger partial charge in [-0.2, -0.15) is 0 Å². The Bertz CT molecular complexity index is 495. The molecule has 3 heteroatoms. The molecule has 0 atom stereocenters. The van der Waals surface area contributed by atoms with Crippen molar-refractivity contribution in [1.29, 1.82) is 0 Å². The monoisotopic (exact) mass is 213 g/mol. The zero-order chi connectivity index (χ0) is 11.4. The van der Waals surface area contributed by atoms with E-state index in [4.69, 9.17) is 10.5 Å². The van der Waals surface area contributed by atoms with E-state index in [-0.39, 0.29) is 0 Å². The van der Waals surface area contributed by atoms with Crippen LogP contribution in [0.1, 0.15) is 10.4 Å². The van der Waals surface area contributed by atoms with E-state index in [0.29, 0.717) is 29.0 Å². The molecule has 0 aliphatic carbocycles. The van der Waals surface area contributed by atoms with Crippen LogP contribution in [0.25, 0.3) is 0 Å². The van der Waals surface area contributed by atoms with Crippen LogP contribution in [0.15, 0.2) is 48.5 Å². The highest BCUT2D eigenvalue weighted by molar-refractivity contribution is 5.85. The number of ether oxygens (including phenoxy) is 1. The second-order valence-corrected chi connectivity index (χ2v) is 3.29. The Morgan fingerprint density at radius 1 is 1.00 bits per heavy atom. The van der Waals surface area contributed by atoms with Crippen molar-refractivity contribution < 1.29 is 9.53 Å². The lowest BCUT2D eigenvalue weighted by Crippen LogP contribution is -1.96. The van der Waals surface area contributed by atoms with Crippen LogP contribution < -0.4 is 10.5 Å². The summed E-state index contributed by atoms with van der Waals surface area (Å²) in [6.07, 6.45) is 0.715. The average Bonchev–Trinajstić information content (AvgIpc) is 2.33. The van der Waals surface area contributed by atoms with Gasteiger partial charge in [-0.05, 0) is 24.3 Å². The second-order valence-electron chi connectivity index (χ2n) is 3.29. The molecule has 0 spiro atoms. The van der Waals surface area contributed by atoms with Gasteiger partial charge in [0.25, 0.3) is 0 Å². The summed E-state index contributed by atoms with van der Waals surface area (Å²) in [6.45, 7) is 0. The van der Waals surface area contributed by atoms with E-state index >= 15 is 0 Å². The first-order valence-corrected chi connectivity index (χ1v) is 4.88. The number of nitrogen functional groups attached to an aromatic ring is 1. The number of hydrogen-bond acceptors (Lipinski definition) is 3. The van der Waals surface area contributed by atoms with Gasteiger partial charge in [0.15, 0.2) is 12.0 Å². The summed E-state index contributed by atoms with van der Waals surface area (Å²) in [5, 5.41) is 0. The fourth-order valence-electron chi connectivity index (χ4n) is 1.37. The van der Waals surface area contributed by atoms with Gasteiger partial charge in [-0.15, -0.1) is 0 Å². The molecule has 0 radical (unpaired) electrons. The van der Waals surface area contributed by atoms with Crippen LogP contribution in [0.4, 0.5) is 5.69 Å². The first-order chi connectivity index (χ1) is 7.81. The summed E-state index contributed by atoms with van der Waals surface area (Å²) in [5.74, 6) is 1.19. The fraction of sp³-hybridized carbons (Fsp3) is 0. The number of carbonyl (C=O) groups is 1. The maximum atomic E-state index is 10.7. The highest BCUT2D eigenvalue weighted by Crippen LogP contribution is 2.28. The Kier molecular flexibility index (Phi) is 2.87. The van der Waals surface area contributed by atoms with Crippen LogP contribution in [0.2, 0.25) is 0 Å². The van der Waals surface area contributed by atoms with Gasteiger partial charge in [-0.1, -0.05) is 24.3 Å². The molecule has 2 N–H and O–H groups in total. The third-order valence-electron chi connectivity index (χ3n) is 2.20. The number of rotatable bonds is 3. The molecular formula is C13H11NO2. The lowest BCUT2D eigenvalue weighted by molar-refractivity contribution is 0.112. The molecule has 80 valence electrons. The van der Waals surface area contributed by atoms with Crippen molar-refractivity contribution >= 4 is 12.0 Å². The Labute approximate surface area is 93.5 Å². The predicted molar refractivity (Wildman–Crippen MR) is 62.8 cm³/mol. The van der Waals surface area contributed by atoms with Crippen molar-refractivity contribution in [2.75, 3.05) is 5.73 Å². The van der Waals surface area contributed by atoms with Crippen LogP contribution in [-0.2, 0) is 0 Å². The molecule has 2 aromatic carbocycles. The van der Waals surface area contributed by atoms with E-state index in [1.807, 2.05) is 30.3 Å². The minimum atomic E-state index is 0.362. The van der Waals surface area contributed by atoms with Crippen LogP contribution in [0.3, 0.4) is 0 Å². The molecular weight excluding hydrogens is 202 g/mol. The number of anilines is 1. The summed E-state index contributed by atoms with van der Waals surface area (Å²) < 4.78 is 5.57. The zero-order valence-electron chi connectivity index (χ0n) is 8.59. The summed E-state index contributed by atoms with van der Waals surface area (Å²) in [7, 11) is 0. The first-order valence-electron chi connectivity index (χ1n) is 4.88. The predicted octanol–water partition coefficient (Wildman–Crippen LogP) is 2.87. The normalized spacial score (nSPS) is 9.75. The molecule has 0 amide bonds. The number of hydrogen-bond donors (Lipinski definition) is 1. The third-order valence-corrected chi connectivity index (χ3v) is 2.20. The second kappa shape index (κ2) is 4.49. The highest BCUT2D eigenvalue weighted by Gasteiger charge is 2.05. The number of nitrogens with two attached hydrogens (primary N) is 1. The molecule has 0 heterocycles. The molecule has 2 aromatic rings. The summed E-state index contributed by atoms with van der Waals surface area (Å²) in [6, 6.07) is 14.4. The smallest absolute Gasteiger partial charge is 0.152 e. The SMILES string of the molecule is Nc1c(C=O)cccc1Oc1ccccc1. The number of carbonyl (C=O) groups excluding carboxylic acids is 1. The highest BCUT2D eigenvalue weighted by atomic mass is 16.5. The van der Waals surface area contributed by atoms with Crippen molar-refractivity contribution in [1.82, 2.24) is 0 Å². The van der Waals surface area contributed by atoms with E-state index in [1.54, 1.807) is 18.2 Å². The van der Waals surface area contributed by atoms with Crippen LogP contribution in [-0.4, -0.2) is 6.29 Å².